The highest BCUT2D eigenvalue weighted by molar-refractivity contribution is 7.90. The van der Waals surface area contributed by atoms with Crippen molar-refractivity contribution in [3.05, 3.63) is 58.9 Å². The SMILES string of the molecule is COC(=O)C1CCC(Nc2c([N+](=O)[O-])cnc3c2ccn3S(=O)(=O)c2ccccc2)CC1. The molecule has 1 N–H and O–H groups in total. The van der Waals surface area contributed by atoms with Crippen molar-refractivity contribution >= 4 is 38.4 Å². The summed E-state index contributed by atoms with van der Waals surface area (Å²) in [6.45, 7) is 0. The topological polar surface area (TPSA) is 133 Å². The number of rotatable bonds is 6. The number of anilines is 1. The molecule has 0 amide bonds. The lowest BCUT2D eigenvalue weighted by Gasteiger charge is -2.28. The molecule has 0 saturated heterocycles. The lowest BCUT2D eigenvalue weighted by Crippen LogP contribution is -2.30. The average molecular weight is 458 g/mol. The largest absolute Gasteiger partial charge is 0.469 e. The van der Waals surface area contributed by atoms with Gasteiger partial charge < -0.3 is 10.1 Å². The second-order valence-electron chi connectivity index (χ2n) is 7.66. The molecule has 1 fully saturated rings. The maximum atomic E-state index is 13.1. The minimum absolute atomic E-state index is 0.0910. The van der Waals surface area contributed by atoms with Crippen LogP contribution < -0.4 is 5.32 Å². The van der Waals surface area contributed by atoms with E-state index in [1.807, 2.05) is 0 Å². The average Bonchev–Trinajstić information content (AvgIpc) is 3.25. The van der Waals surface area contributed by atoms with Crippen molar-refractivity contribution in [2.24, 2.45) is 5.92 Å². The zero-order chi connectivity index (χ0) is 22.9. The van der Waals surface area contributed by atoms with Gasteiger partial charge in [0.1, 0.15) is 11.9 Å². The van der Waals surface area contributed by atoms with Gasteiger partial charge in [0.2, 0.25) is 0 Å². The molecule has 0 radical (unpaired) electrons. The summed E-state index contributed by atoms with van der Waals surface area (Å²) >= 11 is 0. The van der Waals surface area contributed by atoms with E-state index < -0.39 is 14.9 Å². The summed E-state index contributed by atoms with van der Waals surface area (Å²) in [5.41, 5.74) is 0.0937. The molecule has 0 bridgehead atoms. The number of carbonyl (C=O) groups excluding carboxylic acids is 1. The molecule has 4 rings (SSSR count). The summed E-state index contributed by atoms with van der Waals surface area (Å²) in [5.74, 6) is -0.425. The molecule has 32 heavy (non-hydrogen) atoms. The highest BCUT2D eigenvalue weighted by Crippen LogP contribution is 2.36. The van der Waals surface area contributed by atoms with Crippen molar-refractivity contribution in [2.75, 3.05) is 12.4 Å². The molecule has 0 spiro atoms. The van der Waals surface area contributed by atoms with E-state index >= 15 is 0 Å². The third-order valence-corrected chi connectivity index (χ3v) is 7.45. The summed E-state index contributed by atoms with van der Waals surface area (Å²) in [6, 6.07) is 9.32. The van der Waals surface area contributed by atoms with E-state index in [4.69, 9.17) is 4.74 Å². The summed E-state index contributed by atoms with van der Waals surface area (Å²) in [5, 5.41) is 15.2. The van der Waals surface area contributed by atoms with Crippen molar-refractivity contribution in [1.82, 2.24) is 8.96 Å². The van der Waals surface area contributed by atoms with Crippen molar-refractivity contribution in [3.63, 3.8) is 0 Å². The second-order valence-corrected chi connectivity index (χ2v) is 9.47. The number of pyridine rings is 1. The lowest BCUT2D eigenvalue weighted by molar-refractivity contribution is -0.384. The molecule has 10 nitrogen and oxygen atoms in total. The monoisotopic (exact) mass is 458 g/mol. The van der Waals surface area contributed by atoms with Gasteiger partial charge in [0.25, 0.3) is 10.0 Å². The highest BCUT2D eigenvalue weighted by Gasteiger charge is 2.30. The maximum Gasteiger partial charge on any atom is 0.311 e. The molecular formula is C21H22N4O6S. The van der Waals surface area contributed by atoms with Crippen LogP contribution in [-0.2, 0) is 19.6 Å². The van der Waals surface area contributed by atoms with E-state index in [0.717, 1.165) is 10.2 Å². The van der Waals surface area contributed by atoms with E-state index in [9.17, 15) is 23.3 Å². The smallest absolute Gasteiger partial charge is 0.311 e. The Bertz CT molecular complexity index is 1260. The van der Waals surface area contributed by atoms with Crippen LogP contribution in [0, 0.1) is 16.0 Å². The van der Waals surface area contributed by atoms with Gasteiger partial charge in [-0.15, -0.1) is 0 Å². The molecule has 2 aromatic heterocycles. The predicted octanol–water partition coefficient (Wildman–Crippen LogP) is 3.33. The molecule has 1 aromatic carbocycles. The number of ether oxygens (including phenoxy) is 1. The van der Waals surface area contributed by atoms with E-state index in [-0.39, 0.29) is 39.8 Å². The Morgan fingerprint density at radius 2 is 1.88 bits per heavy atom. The van der Waals surface area contributed by atoms with Crippen LogP contribution in [0.15, 0.2) is 53.7 Å². The standard InChI is InChI=1S/C21H22N4O6S/c1-31-21(26)14-7-9-15(10-8-14)23-19-17-11-12-24(20(17)22-13-18(19)25(27)28)32(29,30)16-5-3-2-4-6-16/h2-6,11-15H,7-10H2,1H3,(H,22,23). The molecule has 0 unspecified atom stereocenters. The van der Waals surface area contributed by atoms with Gasteiger partial charge in [0, 0.05) is 12.2 Å². The predicted molar refractivity (Wildman–Crippen MR) is 117 cm³/mol. The number of nitro groups is 1. The van der Waals surface area contributed by atoms with Crippen molar-refractivity contribution in [3.8, 4) is 0 Å². The first-order valence-corrected chi connectivity index (χ1v) is 11.6. The van der Waals surface area contributed by atoms with Crippen LogP contribution in [0.2, 0.25) is 0 Å². The van der Waals surface area contributed by atoms with Crippen LogP contribution in [0.25, 0.3) is 11.0 Å². The molecule has 1 saturated carbocycles. The Kier molecular flexibility index (Phi) is 5.83. The van der Waals surface area contributed by atoms with Crippen molar-refractivity contribution in [2.45, 2.75) is 36.6 Å². The summed E-state index contributed by atoms with van der Waals surface area (Å²) < 4.78 is 32.0. The van der Waals surface area contributed by atoms with E-state index in [1.165, 1.54) is 31.5 Å². The van der Waals surface area contributed by atoms with Crippen molar-refractivity contribution < 1.29 is 22.9 Å². The van der Waals surface area contributed by atoms with Gasteiger partial charge in [-0.2, -0.15) is 0 Å². The maximum absolute atomic E-state index is 13.1. The quantitative estimate of drug-likeness (QED) is 0.338. The van der Waals surface area contributed by atoms with Crippen LogP contribution in [0.5, 0.6) is 0 Å². The Labute approximate surface area is 184 Å². The third-order valence-electron chi connectivity index (χ3n) is 5.77. The van der Waals surface area contributed by atoms with Crippen LogP contribution in [0.4, 0.5) is 11.4 Å². The van der Waals surface area contributed by atoms with Gasteiger partial charge in [-0.25, -0.2) is 17.4 Å². The number of aromatic nitrogens is 2. The summed E-state index contributed by atoms with van der Waals surface area (Å²) in [7, 11) is -2.56. The van der Waals surface area contributed by atoms with Gasteiger partial charge in [-0.3, -0.25) is 14.9 Å². The first kappa shape index (κ1) is 21.8. The van der Waals surface area contributed by atoms with E-state index in [0.29, 0.717) is 31.1 Å². The molecule has 0 aliphatic heterocycles. The fraction of sp³-hybridized carbons (Fsp3) is 0.333. The third kappa shape index (κ3) is 3.91. The molecular weight excluding hydrogens is 436 g/mol. The van der Waals surface area contributed by atoms with Gasteiger partial charge in [0.05, 0.1) is 28.2 Å². The first-order chi connectivity index (χ1) is 15.3. The van der Waals surface area contributed by atoms with Gasteiger partial charge >= 0.3 is 11.7 Å². The molecule has 2 heterocycles. The zero-order valence-corrected chi connectivity index (χ0v) is 18.1. The fourth-order valence-corrected chi connectivity index (χ4v) is 5.41. The molecule has 1 aliphatic carbocycles. The van der Waals surface area contributed by atoms with Crippen LogP contribution in [0.3, 0.4) is 0 Å². The lowest BCUT2D eigenvalue weighted by atomic mass is 9.86. The molecule has 3 aromatic rings. The number of nitrogens with zero attached hydrogens (tertiary/aromatic N) is 3. The van der Waals surface area contributed by atoms with Crippen LogP contribution >= 0.6 is 0 Å². The van der Waals surface area contributed by atoms with Gasteiger partial charge in [-0.1, -0.05) is 18.2 Å². The Morgan fingerprint density at radius 3 is 2.50 bits per heavy atom. The van der Waals surface area contributed by atoms with Crippen LogP contribution in [0.1, 0.15) is 25.7 Å². The number of methoxy groups -OCH3 is 1. The van der Waals surface area contributed by atoms with Crippen molar-refractivity contribution in [1.29, 1.82) is 0 Å². The molecule has 0 atom stereocenters. The zero-order valence-electron chi connectivity index (χ0n) is 17.3. The number of nitrogens with one attached hydrogen (secondary N) is 1. The molecule has 168 valence electrons. The number of fused-ring (bicyclic) bond motifs is 1. The molecule has 1 aliphatic rings. The Morgan fingerprint density at radius 1 is 1.19 bits per heavy atom. The summed E-state index contributed by atoms with van der Waals surface area (Å²) in [4.78, 5) is 27.1. The number of hydrogen-bond donors (Lipinski definition) is 1. The first-order valence-electron chi connectivity index (χ1n) is 10.1. The fourth-order valence-electron chi connectivity index (χ4n) is 4.09. The minimum atomic E-state index is -3.92. The highest BCUT2D eigenvalue weighted by atomic mass is 32.2. The summed E-state index contributed by atoms with van der Waals surface area (Å²) in [6.07, 6.45) is 4.89. The number of hydrogen-bond acceptors (Lipinski definition) is 8. The second kappa shape index (κ2) is 8.58. The Hall–Kier alpha value is -3.47. The Balaban J connectivity index is 1.70. The molecule has 11 heteroatoms. The van der Waals surface area contributed by atoms with Gasteiger partial charge in [0.15, 0.2) is 5.65 Å². The van der Waals surface area contributed by atoms with E-state index in [2.05, 4.69) is 10.3 Å². The van der Waals surface area contributed by atoms with Gasteiger partial charge in [-0.05, 0) is 43.9 Å². The van der Waals surface area contributed by atoms with Crippen LogP contribution in [-0.4, -0.2) is 41.4 Å². The van der Waals surface area contributed by atoms with E-state index in [1.54, 1.807) is 18.2 Å². The number of benzene rings is 1. The normalized spacial score (nSPS) is 18.9. The number of carbonyl (C=O) groups is 1. The number of esters is 1. The minimum Gasteiger partial charge on any atom is -0.469 e.